The van der Waals surface area contributed by atoms with Gasteiger partial charge in [0.2, 0.25) is 0 Å². The Balaban J connectivity index is 2.31. The Kier molecular flexibility index (Phi) is 5.25. The second kappa shape index (κ2) is 6.47. The van der Waals surface area contributed by atoms with Crippen LogP contribution in [0.15, 0.2) is 0 Å². The monoisotopic (exact) mass is 242 g/mol. The Labute approximate surface area is 102 Å². The number of amides is 2. The van der Waals surface area contributed by atoms with Crippen LogP contribution in [0, 0.1) is 5.92 Å². The van der Waals surface area contributed by atoms with E-state index in [1.54, 1.807) is 0 Å². The Hall–Kier alpha value is -1.26. The number of carbonyl (C=O) groups is 2. The van der Waals surface area contributed by atoms with Crippen LogP contribution >= 0.6 is 0 Å². The number of hydrogen-bond acceptors (Lipinski definition) is 2. The molecule has 1 aliphatic carbocycles. The predicted octanol–water partition coefficient (Wildman–Crippen LogP) is 1.73. The molecular formula is C12H22N2O3. The van der Waals surface area contributed by atoms with Crippen LogP contribution in [0.5, 0.6) is 0 Å². The van der Waals surface area contributed by atoms with Gasteiger partial charge in [-0.1, -0.05) is 19.3 Å². The minimum atomic E-state index is -1.02. The third-order valence-corrected chi connectivity index (χ3v) is 3.43. The number of carboxylic acids is 1. The van der Waals surface area contributed by atoms with Crippen molar-refractivity contribution in [3.63, 3.8) is 0 Å². The van der Waals surface area contributed by atoms with Crippen LogP contribution in [-0.4, -0.2) is 29.2 Å². The third-order valence-electron chi connectivity index (χ3n) is 3.43. The first-order valence-electron chi connectivity index (χ1n) is 6.30. The lowest BCUT2D eigenvalue weighted by Crippen LogP contribution is -2.49. The highest BCUT2D eigenvalue weighted by Crippen LogP contribution is 2.26. The van der Waals surface area contributed by atoms with Gasteiger partial charge in [0.05, 0.1) is 0 Å². The second-order valence-corrected chi connectivity index (χ2v) is 4.86. The summed E-state index contributed by atoms with van der Waals surface area (Å²) in [7, 11) is 0. The molecule has 5 heteroatoms. The summed E-state index contributed by atoms with van der Waals surface area (Å²) in [6.07, 6.45) is 6.03. The van der Waals surface area contributed by atoms with Gasteiger partial charge >= 0.3 is 12.0 Å². The molecule has 0 radical (unpaired) electrons. The second-order valence-electron chi connectivity index (χ2n) is 4.86. The van der Waals surface area contributed by atoms with Gasteiger partial charge in [0, 0.05) is 6.04 Å². The van der Waals surface area contributed by atoms with Crippen LogP contribution in [0.3, 0.4) is 0 Å². The van der Waals surface area contributed by atoms with E-state index in [0.29, 0.717) is 5.92 Å². The van der Waals surface area contributed by atoms with Crippen LogP contribution in [0.25, 0.3) is 0 Å². The fourth-order valence-electron chi connectivity index (χ4n) is 2.26. The summed E-state index contributed by atoms with van der Waals surface area (Å²) < 4.78 is 0. The van der Waals surface area contributed by atoms with Gasteiger partial charge < -0.3 is 15.7 Å². The molecule has 98 valence electrons. The zero-order chi connectivity index (χ0) is 12.8. The molecule has 0 heterocycles. The first-order chi connectivity index (χ1) is 8.00. The van der Waals surface area contributed by atoms with E-state index in [1.807, 2.05) is 6.92 Å². The smallest absolute Gasteiger partial charge is 0.325 e. The van der Waals surface area contributed by atoms with Gasteiger partial charge in [-0.3, -0.25) is 4.79 Å². The van der Waals surface area contributed by atoms with Crippen molar-refractivity contribution in [1.82, 2.24) is 10.6 Å². The molecule has 1 aliphatic rings. The molecule has 0 spiro atoms. The molecule has 0 aromatic heterocycles. The van der Waals surface area contributed by atoms with Gasteiger partial charge in [-0.15, -0.1) is 0 Å². The van der Waals surface area contributed by atoms with E-state index in [2.05, 4.69) is 10.6 Å². The lowest BCUT2D eigenvalue weighted by atomic mass is 9.85. The van der Waals surface area contributed by atoms with Crippen LogP contribution in [0.2, 0.25) is 0 Å². The van der Waals surface area contributed by atoms with Crippen molar-refractivity contribution < 1.29 is 14.7 Å². The molecule has 0 aromatic carbocycles. The maximum absolute atomic E-state index is 11.5. The molecule has 0 bridgehead atoms. The molecule has 0 saturated heterocycles. The molecular weight excluding hydrogens is 220 g/mol. The first kappa shape index (κ1) is 13.8. The van der Waals surface area contributed by atoms with E-state index < -0.39 is 18.0 Å². The summed E-state index contributed by atoms with van der Waals surface area (Å²) in [5, 5.41) is 13.9. The quantitative estimate of drug-likeness (QED) is 0.702. The number of carboxylic acid groups (broad SMARTS) is 1. The minimum absolute atomic E-state index is 0.108. The highest BCUT2D eigenvalue weighted by molar-refractivity contribution is 5.82. The highest BCUT2D eigenvalue weighted by Gasteiger charge is 2.22. The average molecular weight is 242 g/mol. The van der Waals surface area contributed by atoms with Crippen molar-refractivity contribution in [2.45, 2.75) is 58.0 Å². The fraction of sp³-hybridized carbons (Fsp3) is 0.833. The fourth-order valence-corrected chi connectivity index (χ4v) is 2.26. The SMILES string of the molecule is CC(NC(=O)N[C@H](C)C(=O)O)C1CCCCC1. The Bertz CT molecular complexity index is 275. The van der Waals surface area contributed by atoms with Gasteiger partial charge in [-0.05, 0) is 32.6 Å². The third kappa shape index (κ3) is 4.63. The number of hydrogen-bond donors (Lipinski definition) is 3. The zero-order valence-electron chi connectivity index (χ0n) is 10.5. The van der Waals surface area contributed by atoms with Crippen molar-refractivity contribution in [2.24, 2.45) is 5.92 Å². The van der Waals surface area contributed by atoms with Gasteiger partial charge in [-0.25, -0.2) is 4.79 Å². The van der Waals surface area contributed by atoms with E-state index in [9.17, 15) is 9.59 Å². The Morgan fingerprint density at radius 2 is 1.71 bits per heavy atom. The lowest BCUT2D eigenvalue weighted by molar-refractivity contribution is -0.138. The molecule has 1 saturated carbocycles. The van der Waals surface area contributed by atoms with Crippen molar-refractivity contribution in [3.8, 4) is 0 Å². The number of rotatable bonds is 4. The van der Waals surface area contributed by atoms with Crippen LogP contribution in [0.4, 0.5) is 4.79 Å². The molecule has 0 aromatic rings. The van der Waals surface area contributed by atoms with Gasteiger partial charge in [0.1, 0.15) is 6.04 Å². The summed E-state index contributed by atoms with van der Waals surface area (Å²) in [5.41, 5.74) is 0. The van der Waals surface area contributed by atoms with E-state index in [4.69, 9.17) is 5.11 Å². The molecule has 0 aliphatic heterocycles. The van der Waals surface area contributed by atoms with Crippen LogP contribution in [0.1, 0.15) is 46.0 Å². The predicted molar refractivity (Wildman–Crippen MR) is 64.8 cm³/mol. The lowest BCUT2D eigenvalue weighted by Gasteiger charge is -2.28. The maximum Gasteiger partial charge on any atom is 0.325 e. The van der Waals surface area contributed by atoms with Crippen LogP contribution < -0.4 is 10.6 Å². The van der Waals surface area contributed by atoms with E-state index >= 15 is 0 Å². The molecule has 1 fully saturated rings. The number of aliphatic carboxylic acids is 1. The molecule has 2 amide bonds. The molecule has 2 atom stereocenters. The number of urea groups is 1. The Morgan fingerprint density at radius 1 is 1.12 bits per heavy atom. The summed E-state index contributed by atoms with van der Waals surface area (Å²) in [6, 6.07) is -1.14. The average Bonchev–Trinajstić information content (AvgIpc) is 2.29. The molecule has 1 unspecified atom stereocenters. The standard InChI is InChI=1S/C12H22N2O3/c1-8(10-6-4-3-5-7-10)13-12(17)14-9(2)11(15)16/h8-10H,3-7H2,1-2H3,(H,15,16)(H2,13,14,17)/t8?,9-/m1/s1. The van der Waals surface area contributed by atoms with E-state index in [1.165, 1.54) is 26.2 Å². The minimum Gasteiger partial charge on any atom is -0.480 e. The van der Waals surface area contributed by atoms with Gasteiger partial charge in [0.15, 0.2) is 0 Å². The topological polar surface area (TPSA) is 78.4 Å². The van der Waals surface area contributed by atoms with Crippen molar-refractivity contribution in [2.75, 3.05) is 0 Å². The Morgan fingerprint density at radius 3 is 2.24 bits per heavy atom. The molecule has 3 N–H and O–H groups in total. The summed E-state index contributed by atoms with van der Waals surface area (Å²) in [4.78, 5) is 22.1. The maximum atomic E-state index is 11.5. The summed E-state index contributed by atoms with van der Waals surface area (Å²) in [5.74, 6) is -0.500. The highest BCUT2D eigenvalue weighted by atomic mass is 16.4. The zero-order valence-corrected chi connectivity index (χ0v) is 10.5. The van der Waals surface area contributed by atoms with Gasteiger partial charge in [0.25, 0.3) is 0 Å². The first-order valence-corrected chi connectivity index (χ1v) is 6.30. The molecule has 1 rings (SSSR count). The van der Waals surface area contributed by atoms with Crippen LogP contribution in [-0.2, 0) is 4.79 Å². The summed E-state index contributed by atoms with van der Waals surface area (Å²) >= 11 is 0. The number of nitrogens with one attached hydrogen (secondary N) is 2. The normalized spacial score (nSPS) is 20.4. The van der Waals surface area contributed by atoms with Crippen molar-refractivity contribution >= 4 is 12.0 Å². The molecule has 17 heavy (non-hydrogen) atoms. The largest absolute Gasteiger partial charge is 0.480 e. The van der Waals surface area contributed by atoms with Crippen molar-refractivity contribution in [3.05, 3.63) is 0 Å². The van der Waals surface area contributed by atoms with E-state index in [-0.39, 0.29) is 6.04 Å². The van der Waals surface area contributed by atoms with Gasteiger partial charge in [-0.2, -0.15) is 0 Å². The van der Waals surface area contributed by atoms with E-state index in [0.717, 1.165) is 12.8 Å². The number of carbonyl (C=O) groups excluding carboxylic acids is 1. The van der Waals surface area contributed by atoms with Crippen molar-refractivity contribution in [1.29, 1.82) is 0 Å². The summed E-state index contributed by atoms with van der Waals surface area (Å²) in [6.45, 7) is 3.44. The molecule has 5 nitrogen and oxygen atoms in total.